The van der Waals surface area contributed by atoms with Crippen LogP contribution in [0.2, 0.25) is 0 Å². The largest absolute Gasteiger partial charge is 0.457 e. The molecule has 0 amide bonds. The zero-order valence-electron chi connectivity index (χ0n) is 8.23. The molecule has 0 saturated heterocycles. The molecule has 2 rings (SSSR count). The van der Waals surface area contributed by atoms with Crippen LogP contribution in [-0.2, 0) is 20.3 Å². The number of carbonyl (C=O) groups is 1. The molecule has 0 saturated carbocycles. The first kappa shape index (κ1) is 10.1. The van der Waals surface area contributed by atoms with Crippen molar-refractivity contribution in [3.05, 3.63) is 40.8 Å². The number of cyclic esters (lactones) is 1. The van der Waals surface area contributed by atoms with Gasteiger partial charge < -0.3 is 4.74 Å². The lowest BCUT2D eigenvalue weighted by Crippen LogP contribution is -2.05. The van der Waals surface area contributed by atoms with Crippen LogP contribution < -0.4 is 0 Å². The quantitative estimate of drug-likeness (QED) is 0.713. The van der Waals surface area contributed by atoms with Gasteiger partial charge in [-0.1, -0.05) is 17.7 Å². The van der Waals surface area contributed by atoms with Gasteiger partial charge in [0.05, 0.1) is 10.8 Å². The Bertz CT molecular complexity index is 445. The smallest absolute Gasteiger partial charge is 0.347 e. The van der Waals surface area contributed by atoms with Crippen LogP contribution in [0.3, 0.4) is 0 Å². The highest BCUT2D eigenvalue weighted by atomic mass is 32.2. The second kappa shape index (κ2) is 3.98. The Labute approximate surface area is 90.2 Å². The first-order valence-corrected chi connectivity index (χ1v) is 5.69. The lowest BCUT2D eigenvalue weighted by atomic mass is 10.2. The van der Waals surface area contributed by atoms with Crippen LogP contribution in [0, 0.1) is 6.92 Å². The minimum atomic E-state index is -1.41. The lowest BCUT2D eigenvalue weighted by Gasteiger charge is -2.01. The Kier molecular flexibility index (Phi) is 2.68. The summed E-state index contributed by atoms with van der Waals surface area (Å²) in [6.07, 6.45) is 1.57. The Morgan fingerprint density at radius 1 is 1.27 bits per heavy atom. The molecule has 1 aliphatic heterocycles. The number of carbonyl (C=O) groups excluding carboxylic acids is 1. The average molecular weight is 222 g/mol. The molecule has 1 heterocycles. The van der Waals surface area contributed by atoms with E-state index in [4.69, 9.17) is 4.74 Å². The Morgan fingerprint density at radius 3 is 2.47 bits per heavy atom. The second-order valence-corrected chi connectivity index (χ2v) is 4.70. The summed E-state index contributed by atoms with van der Waals surface area (Å²) in [7, 11) is -1.41. The molecular formula is C11H10O3S. The molecule has 0 radical (unpaired) electrons. The molecule has 0 fully saturated rings. The molecule has 1 atom stereocenters. The van der Waals surface area contributed by atoms with Crippen LogP contribution in [0.1, 0.15) is 5.56 Å². The molecular weight excluding hydrogens is 212 g/mol. The van der Waals surface area contributed by atoms with Crippen molar-refractivity contribution < 1.29 is 13.7 Å². The summed E-state index contributed by atoms with van der Waals surface area (Å²) >= 11 is 0. The van der Waals surface area contributed by atoms with Gasteiger partial charge in [0.2, 0.25) is 0 Å². The number of esters is 1. The molecule has 0 spiro atoms. The predicted molar refractivity (Wildman–Crippen MR) is 56.6 cm³/mol. The van der Waals surface area contributed by atoms with Crippen molar-refractivity contribution in [2.75, 3.05) is 6.61 Å². The van der Waals surface area contributed by atoms with E-state index in [0.29, 0.717) is 4.90 Å². The highest BCUT2D eigenvalue weighted by Crippen LogP contribution is 2.19. The molecule has 0 aromatic heterocycles. The van der Waals surface area contributed by atoms with E-state index in [0.717, 1.165) is 5.56 Å². The van der Waals surface area contributed by atoms with Gasteiger partial charge in [-0.05, 0) is 25.1 Å². The Balaban J connectivity index is 2.28. The maximum absolute atomic E-state index is 11.9. The SMILES string of the molecule is Cc1ccc(S(=O)C2=CCOC2=O)cc1. The van der Waals surface area contributed by atoms with Crippen LogP contribution in [0.5, 0.6) is 0 Å². The van der Waals surface area contributed by atoms with Crippen molar-refractivity contribution in [1.82, 2.24) is 0 Å². The first-order chi connectivity index (χ1) is 7.18. The molecule has 15 heavy (non-hydrogen) atoms. The highest BCUT2D eigenvalue weighted by Gasteiger charge is 2.23. The summed E-state index contributed by atoms with van der Waals surface area (Å²) in [4.78, 5) is 12.1. The van der Waals surface area contributed by atoms with Crippen LogP contribution in [0.15, 0.2) is 40.1 Å². The van der Waals surface area contributed by atoms with Crippen LogP contribution in [0.4, 0.5) is 0 Å². The number of hydrogen-bond acceptors (Lipinski definition) is 3. The van der Waals surface area contributed by atoms with Gasteiger partial charge in [0.15, 0.2) is 0 Å². The third-order valence-corrected chi connectivity index (χ3v) is 3.55. The van der Waals surface area contributed by atoms with Gasteiger partial charge in [-0.2, -0.15) is 0 Å². The zero-order valence-corrected chi connectivity index (χ0v) is 9.04. The van der Waals surface area contributed by atoms with Crippen molar-refractivity contribution in [2.45, 2.75) is 11.8 Å². The molecule has 0 bridgehead atoms. The molecule has 3 nitrogen and oxygen atoms in total. The highest BCUT2D eigenvalue weighted by molar-refractivity contribution is 7.90. The summed E-state index contributed by atoms with van der Waals surface area (Å²) < 4.78 is 16.6. The molecule has 1 aromatic carbocycles. The van der Waals surface area contributed by atoms with Crippen molar-refractivity contribution >= 4 is 16.8 Å². The third kappa shape index (κ3) is 1.99. The van der Waals surface area contributed by atoms with Gasteiger partial charge >= 0.3 is 5.97 Å². The van der Waals surface area contributed by atoms with Gasteiger partial charge in [0.1, 0.15) is 11.5 Å². The molecule has 0 N–H and O–H groups in total. The van der Waals surface area contributed by atoms with Gasteiger partial charge in [0.25, 0.3) is 0 Å². The monoisotopic (exact) mass is 222 g/mol. The molecule has 4 heteroatoms. The summed E-state index contributed by atoms with van der Waals surface area (Å²) in [6, 6.07) is 7.26. The average Bonchev–Trinajstić information content (AvgIpc) is 2.65. The van der Waals surface area contributed by atoms with Gasteiger partial charge in [-0.3, -0.25) is 0 Å². The van der Waals surface area contributed by atoms with Crippen molar-refractivity contribution in [3.63, 3.8) is 0 Å². The minimum absolute atomic E-state index is 0.228. The van der Waals surface area contributed by atoms with Crippen LogP contribution >= 0.6 is 0 Å². The number of ether oxygens (including phenoxy) is 1. The summed E-state index contributed by atoms with van der Waals surface area (Å²) in [5, 5.41) is 0. The van der Waals surface area contributed by atoms with E-state index in [1.165, 1.54) is 0 Å². The topological polar surface area (TPSA) is 43.4 Å². The van der Waals surface area contributed by atoms with E-state index in [1.54, 1.807) is 18.2 Å². The summed E-state index contributed by atoms with van der Waals surface area (Å²) in [6.45, 7) is 2.18. The van der Waals surface area contributed by atoms with Crippen LogP contribution in [0.25, 0.3) is 0 Å². The molecule has 1 unspecified atom stereocenters. The number of hydrogen-bond donors (Lipinski definition) is 0. The lowest BCUT2D eigenvalue weighted by molar-refractivity contribution is -0.135. The molecule has 78 valence electrons. The minimum Gasteiger partial charge on any atom is -0.457 e. The molecule has 1 aromatic rings. The van der Waals surface area contributed by atoms with E-state index in [-0.39, 0.29) is 11.5 Å². The van der Waals surface area contributed by atoms with E-state index < -0.39 is 16.8 Å². The second-order valence-electron chi connectivity index (χ2n) is 3.25. The maximum atomic E-state index is 11.9. The number of rotatable bonds is 2. The van der Waals surface area contributed by atoms with Gasteiger partial charge in [0, 0.05) is 4.90 Å². The van der Waals surface area contributed by atoms with Crippen molar-refractivity contribution in [3.8, 4) is 0 Å². The van der Waals surface area contributed by atoms with E-state index >= 15 is 0 Å². The fourth-order valence-electron chi connectivity index (χ4n) is 1.29. The Morgan fingerprint density at radius 2 is 1.93 bits per heavy atom. The van der Waals surface area contributed by atoms with Crippen molar-refractivity contribution in [2.24, 2.45) is 0 Å². The van der Waals surface area contributed by atoms with Crippen LogP contribution in [-0.4, -0.2) is 16.8 Å². The number of aryl methyl sites for hydroxylation is 1. The van der Waals surface area contributed by atoms with E-state index in [2.05, 4.69) is 0 Å². The van der Waals surface area contributed by atoms with Gasteiger partial charge in [-0.15, -0.1) is 0 Å². The fourth-order valence-corrected chi connectivity index (χ4v) is 2.35. The van der Waals surface area contributed by atoms with E-state index in [9.17, 15) is 9.00 Å². The third-order valence-electron chi connectivity index (χ3n) is 2.12. The fraction of sp³-hybridized carbons (Fsp3) is 0.182. The zero-order chi connectivity index (χ0) is 10.8. The number of benzene rings is 1. The Hall–Kier alpha value is -1.42. The van der Waals surface area contributed by atoms with Crippen molar-refractivity contribution in [1.29, 1.82) is 0 Å². The normalized spacial score (nSPS) is 17.1. The molecule has 1 aliphatic rings. The van der Waals surface area contributed by atoms with Gasteiger partial charge in [-0.25, -0.2) is 9.00 Å². The molecule has 0 aliphatic carbocycles. The summed E-state index contributed by atoms with van der Waals surface area (Å²) in [5.74, 6) is -0.478. The first-order valence-electron chi connectivity index (χ1n) is 4.54. The maximum Gasteiger partial charge on any atom is 0.347 e. The summed E-state index contributed by atoms with van der Waals surface area (Å²) in [5.41, 5.74) is 1.10. The standard InChI is InChI=1S/C11H10O3S/c1-8-2-4-9(5-3-8)15(13)10-6-7-14-11(10)12/h2-6H,7H2,1H3. The van der Waals surface area contributed by atoms with E-state index in [1.807, 2.05) is 19.1 Å². The predicted octanol–water partition coefficient (Wildman–Crippen LogP) is 1.54.